The molecule has 0 radical (unpaired) electrons. The molecule has 0 aromatic carbocycles. The van der Waals surface area contributed by atoms with Crippen LogP contribution >= 0.6 is 0 Å². The Kier molecular flexibility index (Phi) is 9.13. The Hall–Kier alpha value is -2.69. The predicted octanol–water partition coefficient (Wildman–Crippen LogP) is -2.24. The molecular formula is C14H24N4O7. The Bertz CT molecular complexity index is 535. The number of primary amides is 1. The number of amides is 3. The molecule has 0 fully saturated rings. The van der Waals surface area contributed by atoms with Gasteiger partial charge in [-0.2, -0.15) is 0 Å². The van der Waals surface area contributed by atoms with Crippen molar-refractivity contribution in [1.29, 1.82) is 0 Å². The van der Waals surface area contributed by atoms with Crippen molar-refractivity contribution < 1.29 is 34.2 Å². The highest BCUT2D eigenvalue weighted by atomic mass is 16.4. The van der Waals surface area contributed by atoms with Crippen LogP contribution in [0.2, 0.25) is 0 Å². The average Bonchev–Trinajstić information content (AvgIpc) is 2.43. The summed E-state index contributed by atoms with van der Waals surface area (Å²) in [6.07, 6.45) is -1.13. The van der Waals surface area contributed by atoms with Crippen molar-refractivity contribution >= 4 is 29.7 Å². The van der Waals surface area contributed by atoms with Crippen LogP contribution in [0.25, 0.3) is 0 Å². The van der Waals surface area contributed by atoms with Gasteiger partial charge in [0.25, 0.3) is 0 Å². The molecule has 3 unspecified atom stereocenters. The summed E-state index contributed by atoms with van der Waals surface area (Å²) in [7, 11) is 0. The summed E-state index contributed by atoms with van der Waals surface area (Å²) in [6.45, 7) is 3.67. The van der Waals surface area contributed by atoms with Gasteiger partial charge in [-0.25, -0.2) is 4.79 Å². The molecule has 0 aliphatic heterocycles. The SMILES string of the molecule is CC(C)CC(N)C(=O)NC(CC(N)=O)C(=O)NC(CC(=O)O)C(=O)O. The Morgan fingerprint density at radius 1 is 0.920 bits per heavy atom. The molecule has 0 aromatic rings. The molecular weight excluding hydrogens is 336 g/mol. The van der Waals surface area contributed by atoms with Gasteiger partial charge in [0, 0.05) is 0 Å². The van der Waals surface area contributed by atoms with Crippen molar-refractivity contribution in [3.05, 3.63) is 0 Å². The van der Waals surface area contributed by atoms with E-state index in [9.17, 15) is 24.0 Å². The third-order valence-electron chi connectivity index (χ3n) is 3.09. The summed E-state index contributed by atoms with van der Waals surface area (Å²) in [5, 5.41) is 21.8. The summed E-state index contributed by atoms with van der Waals surface area (Å²) < 4.78 is 0. The molecule has 0 saturated carbocycles. The number of rotatable bonds is 11. The number of carbonyl (C=O) groups excluding carboxylic acids is 3. The van der Waals surface area contributed by atoms with Crippen molar-refractivity contribution in [2.45, 2.75) is 51.2 Å². The van der Waals surface area contributed by atoms with E-state index < -0.39 is 60.6 Å². The predicted molar refractivity (Wildman–Crippen MR) is 85.0 cm³/mol. The van der Waals surface area contributed by atoms with Crippen LogP contribution in [0, 0.1) is 5.92 Å². The number of hydrogen-bond donors (Lipinski definition) is 6. The molecule has 142 valence electrons. The van der Waals surface area contributed by atoms with E-state index >= 15 is 0 Å². The topological polar surface area (TPSA) is 202 Å². The van der Waals surface area contributed by atoms with Gasteiger partial charge in [-0.05, 0) is 12.3 Å². The number of carboxylic acids is 2. The number of carboxylic acid groups (broad SMARTS) is 2. The molecule has 0 aliphatic rings. The second-order valence-electron chi connectivity index (χ2n) is 5.96. The van der Waals surface area contributed by atoms with E-state index in [-0.39, 0.29) is 5.92 Å². The molecule has 0 rings (SSSR count). The zero-order valence-corrected chi connectivity index (χ0v) is 14.0. The number of hydrogen-bond acceptors (Lipinski definition) is 6. The van der Waals surface area contributed by atoms with Crippen molar-refractivity contribution in [2.24, 2.45) is 17.4 Å². The lowest BCUT2D eigenvalue weighted by Crippen LogP contribution is -2.55. The smallest absolute Gasteiger partial charge is 0.326 e. The summed E-state index contributed by atoms with van der Waals surface area (Å²) in [6, 6.07) is -4.11. The van der Waals surface area contributed by atoms with Crippen molar-refractivity contribution in [3.8, 4) is 0 Å². The summed E-state index contributed by atoms with van der Waals surface area (Å²) >= 11 is 0. The van der Waals surface area contributed by atoms with Crippen molar-refractivity contribution in [2.75, 3.05) is 0 Å². The highest BCUT2D eigenvalue weighted by Crippen LogP contribution is 2.04. The maximum absolute atomic E-state index is 12.1. The second kappa shape index (κ2) is 10.2. The molecule has 25 heavy (non-hydrogen) atoms. The lowest BCUT2D eigenvalue weighted by atomic mass is 10.0. The van der Waals surface area contributed by atoms with Crippen LogP contribution in [0.15, 0.2) is 0 Å². The lowest BCUT2D eigenvalue weighted by molar-refractivity contribution is -0.147. The molecule has 8 N–H and O–H groups in total. The van der Waals surface area contributed by atoms with Gasteiger partial charge in [0.1, 0.15) is 12.1 Å². The zero-order chi connectivity index (χ0) is 19.7. The summed E-state index contributed by atoms with van der Waals surface area (Å²) in [4.78, 5) is 56.8. The number of nitrogens with one attached hydrogen (secondary N) is 2. The summed E-state index contributed by atoms with van der Waals surface area (Å²) in [5.74, 6) is -5.57. The summed E-state index contributed by atoms with van der Waals surface area (Å²) in [5.41, 5.74) is 10.7. The molecule has 11 heteroatoms. The van der Waals surface area contributed by atoms with E-state index in [1.807, 2.05) is 19.2 Å². The Morgan fingerprint density at radius 2 is 1.44 bits per heavy atom. The van der Waals surface area contributed by atoms with E-state index in [1.54, 1.807) is 0 Å². The van der Waals surface area contributed by atoms with Crippen LogP contribution in [0.3, 0.4) is 0 Å². The monoisotopic (exact) mass is 360 g/mol. The lowest BCUT2D eigenvalue weighted by Gasteiger charge is -2.22. The highest BCUT2D eigenvalue weighted by Gasteiger charge is 2.30. The van der Waals surface area contributed by atoms with Gasteiger partial charge in [-0.15, -0.1) is 0 Å². The molecule has 0 aromatic heterocycles. The van der Waals surface area contributed by atoms with Crippen LogP contribution < -0.4 is 22.1 Å². The molecule has 0 bridgehead atoms. The first-order chi connectivity index (χ1) is 11.4. The fraction of sp³-hybridized carbons (Fsp3) is 0.643. The molecule has 0 aliphatic carbocycles. The van der Waals surface area contributed by atoms with Gasteiger partial charge in [0.15, 0.2) is 0 Å². The number of nitrogens with two attached hydrogens (primary N) is 2. The molecule has 3 amide bonds. The Labute approximate surface area is 144 Å². The van der Waals surface area contributed by atoms with Crippen LogP contribution in [-0.2, 0) is 24.0 Å². The van der Waals surface area contributed by atoms with E-state index in [0.29, 0.717) is 6.42 Å². The van der Waals surface area contributed by atoms with E-state index in [4.69, 9.17) is 21.7 Å². The molecule has 0 heterocycles. The number of carbonyl (C=O) groups is 5. The van der Waals surface area contributed by atoms with Gasteiger partial charge < -0.3 is 32.3 Å². The quantitative estimate of drug-likeness (QED) is 0.237. The first-order valence-corrected chi connectivity index (χ1v) is 7.53. The van der Waals surface area contributed by atoms with E-state index in [1.165, 1.54) is 0 Å². The minimum Gasteiger partial charge on any atom is -0.481 e. The van der Waals surface area contributed by atoms with Crippen LogP contribution in [0.1, 0.15) is 33.1 Å². The maximum atomic E-state index is 12.1. The first kappa shape index (κ1) is 22.3. The van der Waals surface area contributed by atoms with Crippen LogP contribution in [-0.4, -0.2) is 58.0 Å². The van der Waals surface area contributed by atoms with Crippen LogP contribution in [0.4, 0.5) is 0 Å². The molecule has 11 nitrogen and oxygen atoms in total. The minimum atomic E-state index is -1.72. The van der Waals surface area contributed by atoms with E-state index in [2.05, 4.69) is 5.32 Å². The largest absolute Gasteiger partial charge is 0.481 e. The van der Waals surface area contributed by atoms with Crippen LogP contribution in [0.5, 0.6) is 0 Å². The minimum absolute atomic E-state index is 0.108. The maximum Gasteiger partial charge on any atom is 0.326 e. The van der Waals surface area contributed by atoms with Gasteiger partial charge in [-0.1, -0.05) is 13.8 Å². The zero-order valence-electron chi connectivity index (χ0n) is 14.0. The van der Waals surface area contributed by atoms with Gasteiger partial charge >= 0.3 is 11.9 Å². The average molecular weight is 360 g/mol. The number of aliphatic carboxylic acids is 2. The van der Waals surface area contributed by atoms with Crippen molar-refractivity contribution in [3.63, 3.8) is 0 Å². The van der Waals surface area contributed by atoms with Gasteiger partial charge in [-0.3, -0.25) is 19.2 Å². The Morgan fingerprint density at radius 3 is 1.84 bits per heavy atom. The second-order valence-corrected chi connectivity index (χ2v) is 5.96. The molecule has 0 spiro atoms. The van der Waals surface area contributed by atoms with Gasteiger partial charge in [0.05, 0.1) is 18.9 Å². The fourth-order valence-corrected chi connectivity index (χ4v) is 1.95. The van der Waals surface area contributed by atoms with E-state index in [0.717, 1.165) is 0 Å². The molecule has 0 saturated heterocycles. The third-order valence-corrected chi connectivity index (χ3v) is 3.09. The Balaban J connectivity index is 5.08. The van der Waals surface area contributed by atoms with Crippen molar-refractivity contribution in [1.82, 2.24) is 10.6 Å². The fourth-order valence-electron chi connectivity index (χ4n) is 1.95. The molecule has 3 atom stereocenters. The first-order valence-electron chi connectivity index (χ1n) is 7.53. The highest BCUT2D eigenvalue weighted by molar-refractivity contribution is 5.95. The van der Waals surface area contributed by atoms with Gasteiger partial charge in [0.2, 0.25) is 17.7 Å². The standard InChI is InChI=1S/C14H24N4O7/c1-6(2)3-7(15)12(22)17-8(4-10(16)19)13(23)18-9(14(24)25)5-11(20)21/h6-9H,3-5,15H2,1-2H3,(H2,16,19)(H,17,22)(H,18,23)(H,20,21)(H,24,25). The third kappa shape index (κ3) is 9.25. The normalized spacial score (nSPS) is 14.2.